The summed E-state index contributed by atoms with van der Waals surface area (Å²) in [6.07, 6.45) is 7.84. The fourth-order valence-electron chi connectivity index (χ4n) is 6.64. The molecule has 0 radical (unpaired) electrons. The van der Waals surface area contributed by atoms with Gasteiger partial charge < -0.3 is 35.1 Å². The molecule has 0 saturated heterocycles. The Bertz CT molecular complexity index is 1350. The number of aromatic nitrogens is 3. The van der Waals surface area contributed by atoms with Crippen LogP contribution in [0.2, 0.25) is 0 Å². The van der Waals surface area contributed by atoms with E-state index in [-0.39, 0.29) is 24.3 Å². The van der Waals surface area contributed by atoms with Gasteiger partial charge in [-0.15, -0.1) is 0 Å². The normalized spacial score (nSPS) is 18.7. The van der Waals surface area contributed by atoms with E-state index >= 15 is 0 Å². The molecule has 4 atom stereocenters. The summed E-state index contributed by atoms with van der Waals surface area (Å²) < 4.78 is 5.61. The minimum Gasteiger partial charge on any atom is -0.494 e. The summed E-state index contributed by atoms with van der Waals surface area (Å²) in [7, 11) is 0. The monoisotopic (exact) mass is 579 g/mol. The fraction of sp³-hybridized carbons (Fsp3) is 0.594. The number of benzene rings is 1. The number of carbonyl (C=O) groups excluding carboxylic acids is 2. The molecule has 1 aromatic carbocycles. The molecule has 1 fully saturated rings. The molecule has 42 heavy (non-hydrogen) atoms. The number of amides is 2. The van der Waals surface area contributed by atoms with E-state index in [1.165, 1.54) is 12.7 Å². The third kappa shape index (κ3) is 6.65. The predicted octanol–water partition coefficient (Wildman–Crippen LogP) is 4.25. The van der Waals surface area contributed by atoms with Gasteiger partial charge in [0.2, 0.25) is 5.91 Å². The van der Waals surface area contributed by atoms with Crippen LogP contribution in [-0.2, 0) is 11.3 Å². The first kappa shape index (κ1) is 30.1. The minimum absolute atomic E-state index is 0.136. The summed E-state index contributed by atoms with van der Waals surface area (Å²) in [6.45, 7) is 7.00. The van der Waals surface area contributed by atoms with Crippen LogP contribution in [0.4, 0.5) is 0 Å². The number of fused-ring (bicyclic) bond motifs is 3. The number of carbonyl (C=O) groups is 2. The van der Waals surface area contributed by atoms with Gasteiger partial charge in [-0.2, -0.15) is 0 Å². The quantitative estimate of drug-likeness (QED) is 0.205. The summed E-state index contributed by atoms with van der Waals surface area (Å²) in [5.74, 6) is 0.108. The highest BCUT2D eigenvalue weighted by Gasteiger charge is 2.38. The number of rotatable bonds is 13. The number of nitrogens with one attached hydrogen (secondary N) is 3. The molecule has 5 N–H and O–H groups in total. The van der Waals surface area contributed by atoms with Gasteiger partial charge in [0.15, 0.2) is 0 Å². The van der Waals surface area contributed by atoms with Crippen LogP contribution in [-0.4, -0.2) is 73.3 Å². The van der Waals surface area contributed by atoms with E-state index in [2.05, 4.69) is 20.3 Å². The molecule has 2 aliphatic rings. The lowest BCUT2D eigenvalue weighted by atomic mass is 9.82. The van der Waals surface area contributed by atoms with Crippen molar-refractivity contribution in [1.29, 1.82) is 0 Å². The van der Waals surface area contributed by atoms with Gasteiger partial charge in [0, 0.05) is 36.3 Å². The molecule has 0 bridgehead atoms. The van der Waals surface area contributed by atoms with E-state index in [4.69, 9.17) is 4.74 Å². The lowest BCUT2D eigenvalue weighted by Crippen LogP contribution is -2.52. The molecule has 3 heterocycles. The van der Waals surface area contributed by atoms with Crippen molar-refractivity contribution in [2.24, 2.45) is 11.8 Å². The highest BCUT2D eigenvalue weighted by Crippen LogP contribution is 2.34. The maximum Gasteiger partial charge on any atom is 0.270 e. The van der Waals surface area contributed by atoms with Gasteiger partial charge in [0.25, 0.3) is 5.91 Å². The molecule has 4 unspecified atom stereocenters. The van der Waals surface area contributed by atoms with E-state index in [0.29, 0.717) is 43.3 Å². The molecule has 0 spiro atoms. The summed E-state index contributed by atoms with van der Waals surface area (Å²) in [4.78, 5) is 39.7. The minimum atomic E-state index is -1.08. The average Bonchev–Trinajstić information content (AvgIpc) is 3.69. The summed E-state index contributed by atoms with van der Waals surface area (Å²) in [6, 6.07) is 5.17. The average molecular weight is 580 g/mol. The van der Waals surface area contributed by atoms with Crippen molar-refractivity contribution in [2.45, 2.75) is 96.4 Å². The molecule has 10 heteroatoms. The van der Waals surface area contributed by atoms with Crippen molar-refractivity contribution >= 4 is 22.7 Å². The van der Waals surface area contributed by atoms with Crippen LogP contribution in [0.25, 0.3) is 10.9 Å². The van der Waals surface area contributed by atoms with Crippen LogP contribution in [0.5, 0.6) is 5.75 Å². The van der Waals surface area contributed by atoms with Gasteiger partial charge in [-0.05, 0) is 43.7 Å². The number of nitrogens with zero attached hydrogens (tertiary/aromatic N) is 2. The second-order valence-corrected chi connectivity index (χ2v) is 12.4. The molecule has 1 aliphatic heterocycles. The lowest BCUT2D eigenvalue weighted by molar-refractivity contribution is -0.125. The van der Waals surface area contributed by atoms with Crippen molar-refractivity contribution in [3.8, 4) is 5.75 Å². The molecule has 228 valence electrons. The van der Waals surface area contributed by atoms with Crippen LogP contribution in [0.15, 0.2) is 30.7 Å². The van der Waals surface area contributed by atoms with E-state index < -0.39 is 24.2 Å². The Balaban J connectivity index is 1.34. The molecule has 10 nitrogen and oxygen atoms in total. The number of hydrogen-bond acceptors (Lipinski definition) is 6. The molecular formula is C32H45N5O5. The SMILES string of the molecule is CCOc1ccc2c3c([nH]c2c1)C(=O)N(CC(C(=O)NC(CC1CCCCC1)C(O)C(O)CC(C)C)c1c[nH]cn1)C3. The molecular weight excluding hydrogens is 534 g/mol. The van der Waals surface area contributed by atoms with Crippen LogP contribution in [0, 0.1) is 11.8 Å². The molecule has 5 rings (SSSR count). The van der Waals surface area contributed by atoms with Crippen LogP contribution >= 0.6 is 0 Å². The fourth-order valence-corrected chi connectivity index (χ4v) is 6.64. The van der Waals surface area contributed by atoms with Crippen molar-refractivity contribution in [1.82, 2.24) is 25.2 Å². The Morgan fingerprint density at radius 3 is 2.69 bits per heavy atom. The maximum absolute atomic E-state index is 13.9. The number of aromatic amines is 2. The summed E-state index contributed by atoms with van der Waals surface area (Å²) >= 11 is 0. The van der Waals surface area contributed by atoms with Crippen LogP contribution in [0.3, 0.4) is 0 Å². The van der Waals surface area contributed by atoms with E-state index in [1.54, 1.807) is 11.1 Å². The topological polar surface area (TPSA) is 144 Å². The van der Waals surface area contributed by atoms with Gasteiger partial charge in [0.05, 0.1) is 42.2 Å². The first-order valence-electron chi connectivity index (χ1n) is 15.5. The summed E-state index contributed by atoms with van der Waals surface area (Å²) in [5, 5.41) is 26.1. The number of H-pyrrole nitrogens is 2. The molecule has 2 aromatic heterocycles. The van der Waals surface area contributed by atoms with Gasteiger partial charge in [0.1, 0.15) is 17.5 Å². The maximum atomic E-state index is 13.9. The Morgan fingerprint density at radius 2 is 2.00 bits per heavy atom. The Kier molecular flexibility index (Phi) is 9.53. The second kappa shape index (κ2) is 13.3. The third-order valence-corrected chi connectivity index (χ3v) is 8.79. The summed E-state index contributed by atoms with van der Waals surface area (Å²) in [5.41, 5.74) is 2.81. The number of hydrogen-bond donors (Lipinski definition) is 5. The van der Waals surface area contributed by atoms with Crippen LogP contribution in [0.1, 0.15) is 93.4 Å². The highest BCUT2D eigenvalue weighted by atomic mass is 16.5. The zero-order valence-electron chi connectivity index (χ0n) is 24.9. The second-order valence-electron chi connectivity index (χ2n) is 12.4. The smallest absolute Gasteiger partial charge is 0.270 e. The van der Waals surface area contributed by atoms with Crippen LogP contribution < -0.4 is 10.1 Å². The molecule has 1 saturated carbocycles. The van der Waals surface area contributed by atoms with Gasteiger partial charge >= 0.3 is 0 Å². The first-order valence-corrected chi connectivity index (χ1v) is 15.5. The zero-order chi connectivity index (χ0) is 29.8. The Labute approximate surface area is 247 Å². The van der Waals surface area contributed by atoms with Crippen molar-refractivity contribution in [3.63, 3.8) is 0 Å². The van der Waals surface area contributed by atoms with Crippen molar-refractivity contribution in [3.05, 3.63) is 47.7 Å². The van der Waals surface area contributed by atoms with Gasteiger partial charge in [-0.1, -0.05) is 46.0 Å². The van der Waals surface area contributed by atoms with E-state index in [0.717, 1.165) is 47.9 Å². The first-order chi connectivity index (χ1) is 20.2. The lowest BCUT2D eigenvalue weighted by Gasteiger charge is -2.34. The Hall–Kier alpha value is -3.37. The van der Waals surface area contributed by atoms with Crippen molar-refractivity contribution in [2.75, 3.05) is 13.2 Å². The predicted molar refractivity (Wildman–Crippen MR) is 160 cm³/mol. The molecule has 3 aromatic rings. The number of imidazole rings is 1. The molecule has 2 amide bonds. The van der Waals surface area contributed by atoms with Crippen molar-refractivity contribution < 1.29 is 24.5 Å². The third-order valence-electron chi connectivity index (χ3n) is 8.79. The number of aliphatic hydroxyl groups is 2. The Morgan fingerprint density at radius 1 is 1.21 bits per heavy atom. The van der Waals surface area contributed by atoms with Gasteiger partial charge in [-0.3, -0.25) is 9.59 Å². The largest absolute Gasteiger partial charge is 0.494 e. The standard InChI is InChI=1S/C32H45N5O5/c1-4-42-21-10-11-22-23-16-37(32(41)29(23)35-25(22)14-21)17-24(27-15-33-18-34-27)31(40)36-26(13-20-8-6-5-7-9-20)30(39)28(38)12-19(2)3/h10-11,14-15,18-20,24,26,28,30,35,38-39H,4-9,12-13,16-17H2,1-3H3,(H,33,34)(H,36,40). The van der Waals surface area contributed by atoms with E-state index in [1.807, 2.05) is 39.0 Å². The molecule has 1 aliphatic carbocycles. The van der Waals surface area contributed by atoms with Gasteiger partial charge in [-0.25, -0.2) is 4.98 Å². The number of ether oxygens (including phenoxy) is 1. The highest BCUT2D eigenvalue weighted by molar-refractivity contribution is 6.04. The van der Waals surface area contributed by atoms with E-state index in [9.17, 15) is 19.8 Å². The number of aliphatic hydroxyl groups excluding tert-OH is 2. The zero-order valence-corrected chi connectivity index (χ0v) is 24.9.